The number of carbonyl (C=O) groups is 1. The second kappa shape index (κ2) is 4.82. The lowest BCUT2D eigenvalue weighted by atomic mass is 10.2. The molecule has 1 aliphatic heterocycles. The first-order valence-corrected chi connectivity index (χ1v) is 5.40. The van der Waals surface area contributed by atoms with Gasteiger partial charge in [0.05, 0.1) is 6.54 Å². The summed E-state index contributed by atoms with van der Waals surface area (Å²) in [5.74, 6) is 5.98. The molecule has 0 saturated carbocycles. The van der Waals surface area contributed by atoms with Crippen molar-refractivity contribution >= 4 is 11.6 Å². The minimum atomic E-state index is 0.198. The molecule has 2 N–H and O–H groups in total. The van der Waals surface area contributed by atoms with E-state index in [0.29, 0.717) is 13.0 Å². The highest BCUT2D eigenvalue weighted by atomic mass is 16.2. The molecule has 0 bridgehead atoms. The molecule has 1 saturated heterocycles. The number of hydrogen-bond acceptors (Lipinski definition) is 2. The molecule has 3 heteroatoms. The molecule has 2 rings (SSSR count). The molecule has 1 aliphatic rings. The summed E-state index contributed by atoms with van der Waals surface area (Å²) in [7, 11) is 0. The van der Waals surface area contributed by atoms with Crippen molar-refractivity contribution in [1.82, 2.24) is 0 Å². The van der Waals surface area contributed by atoms with Crippen molar-refractivity contribution in [3.63, 3.8) is 0 Å². The summed E-state index contributed by atoms with van der Waals surface area (Å²) in [5, 5.41) is 0. The molecular formula is C13H14N2O. The van der Waals surface area contributed by atoms with E-state index in [4.69, 9.17) is 5.73 Å². The van der Waals surface area contributed by atoms with E-state index in [0.717, 1.165) is 24.2 Å². The van der Waals surface area contributed by atoms with Crippen LogP contribution in [0.5, 0.6) is 0 Å². The molecule has 1 fully saturated rings. The quantitative estimate of drug-likeness (QED) is 0.712. The van der Waals surface area contributed by atoms with E-state index in [1.807, 2.05) is 29.2 Å². The zero-order valence-electron chi connectivity index (χ0n) is 9.07. The largest absolute Gasteiger partial charge is 0.320 e. The maximum absolute atomic E-state index is 11.6. The van der Waals surface area contributed by atoms with Crippen LogP contribution < -0.4 is 10.6 Å². The van der Waals surface area contributed by atoms with Crippen LogP contribution in [-0.4, -0.2) is 19.0 Å². The first-order valence-electron chi connectivity index (χ1n) is 5.40. The van der Waals surface area contributed by atoms with Gasteiger partial charge in [-0.25, -0.2) is 0 Å². The van der Waals surface area contributed by atoms with Crippen LogP contribution in [0.2, 0.25) is 0 Å². The lowest BCUT2D eigenvalue weighted by Gasteiger charge is -2.15. The molecule has 0 unspecified atom stereocenters. The van der Waals surface area contributed by atoms with Gasteiger partial charge in [0.25, 0.3) is 0 Å². The predicted molar refractivity (Wildman–Crippen MR) is 64.0 cm³/mol. The Balaban J connectivity index is 2.25. The van der Waals surface area contributed by atoms with Gasteiger partial charge >= 0.3 is 0 Å². The molecule has 0 aliphatic carbocycles. The Morgan fingerprint density at radius 1 is 1.44 bits per heavy atom. The predicted octanol–water partition coefficient (Wildman–Crippen LogP) is 1.12. The molecule has 0 radical (unpaired) electrons. The van der Waals surface area contributed by atoms with Crippen molar-refractivity contribution in [1.29, 1.82) is 0 Å². The Bertz CT molecular complexity index is 456. The summed E-state index contributed by atoms with van der Waals surface area (Å²) >= 11 is 0. The summed E-state index contributed by atoms with van der Waals surface area (Å²) in [6, 6.07) is 7.72. The maximum Gasteiger partial charge on any atom is 0.227 e. The Hall–Kier alpha value is -1.79. The molecule has 1 heterocycles. The van der Waals surface area contributed by atoms with Gasteiger partial charge in [-0.15, -0.1) is 0 Å². The number of nitrogens with two attached hydrogens (primary N) is 1. The minimum absolute atomic E-state index is 0.198. The maximum atomic E-state index is 11.6. The number of anilines is 1. The molecule has 1 aromatic carbocycles. The first-order chi connectivity index (χ1) is 7.81. The number of hydrogen-bond donors (Lipinski definition) is 1. The fourth-order valence-corrected chi connectivity index (χ4v) is 1.83. The first kappa shape index (κ1) is 10.7. The van der Waals surface area contributed by atoms with Crippen LogP contribution in [0, 0.1) is 11.8 Å². The number of amides is 1. The third-order valence-electron chi connectivity index (χ3n) is 2.57. The molecule has 16 heavy (non-hydrogen) atoms. The molecule has 0 spiro atoms. The van der Waals surface area contributed by atoms with Crippen LogP contribution in [0.3, 0.4) is 0 Å². The number of benzene rings is 1. The van der Waals surface area contributed by atoms with Gasteiger partial charge in [-0.05, 0) is 24.6 Å². The Kier molecular flexibility index (Phi) is 3.23. The SMILES string of the molecule is NCC#Cc1cccc(N2CCCC2=O)c1. The lowest BCUT2D eigenvalue weighted by molar-refractivity contribution is -0.117. The van der Waals surface area contributed by atoms with E-state index < -0.39 is 0 Å². The molecule has 1 amide bonds. The van der Waals surface area contributed by atoms with Gasteiger partial charge in [-0.3, -0.25) is 4.79 Å². The Morgan fingerprint density at radius 3 is 3.00 bits per heavy atom. The highest BCUT2D eigenvalue weighted by molar-refractivity contribution is 5.95. The minimum Gasteiger partial charge on any atom is -0.320 e. The summed E-state index contributed by atoms with van der Waals surface area (Å²) < 4.78 is 0. The highest BCUT2D eigenvalue weighted by Gasteiger charge is 2.21. The molecule has 82 valence electrons. The van der Waals surface area contributed by atoms with Crippen LogP contribution >= 0.6 is 0 Å². The summed E-state index contributed by atoms with van der Waals surface area (Å²) in [6.45, 7) is 1.17. The lowest BCUT2D eigenvalue weighted by Crippen LogP contribution is -2.23. The van der Waals surface area contributed by atoms with Gasteiger partial charge in [-0.2, -0.15) is 0 Å². The zero-order chi connectivity index (χ0) is 11.4. The summed E-state index contributed by atoms with van der Waals surface area (Å²) in [5.41, 5.74) is 7.16. The Labute approximate surface area is 95.2 Å². The van der Waals surface area contributed by atoms with Gasteiger partial charge in [0, 0.05) is 24.2 Å². The van der Waals surface area contributed by atoms with Gasteiger partial charge < -0.3 is 10.6 Å². The number of rotatable bonds is 1. The monoisotopic (exact) mass is 214 g/mol. The summed E-state index contributed by atoms with van der Waals surface area (Å²) in [6.07, 6.45) is 1.59. The zero-order valence-corrected chi connectivity index (χ0v) is 9.07. The van der Waals surface area contributed by atoms with Crippen molar-refractivity contribution < 1.29 is 4.79 Å². The van der Waals surface area contributed by atoms with Crippen molar-refractivity contribution in [2.75, 3.05) is 18.0 Å². The van der Waals surface area contributed by atoms with E-state index in [9.17, 15) is 4.79 Å². The van der Waals surface area contributed by atoms with Crippen LogP contribution in [0.15, 0.2) is 24.3 Å². The van der Waals surface area contributed by atoms with E-state index >= 15 is 0 Å². The van der Waals surface area contributed by atoms with Gasteiger partial charge in [0.15, 0.2) is 0 Å². The standard InChI is InChI=1S/C13H14N2O/c14-8-2-5-11-4-1-6-12(10-11)15-9-3-7-13(15)16/h1,4,6,10H,3,7-9,14H2. The van der Waals surface area contributed by atoms with Gasteiger partial charge in [-0.1, -0.05) is 17.9 Å². The fraction of sp³-hybridized carbons (Fsp3) is 0.308. The number of carbonyl (C=O) groups excluding carboxylic acids is 1. The van der Waals surface area contributed by atoms with E-state index in [1.54, 1.807) is 0 Å². The average Bonchev–Trinajstić information content (AvgIpc) is 2.73. The van der Waals surface area contributed by atoms with E-state index in [-0.39, 0.29) is 5.91 Å². The molecule has 0 aromatic heterocycles. The second-order valence-electron chi connectivity index (χ2n) is 3.71. The van der Waals surface area contributed by atoms with Crippen molar-refractivity contribution in [3.05, 3.63) is 29.8 Å². The third-order valence-corrected chi connectivity index (χ3v) is 2.57. The van der Waals surface area contributed by atoms with Crippen LogP contribution in [0.1, 0.15) is 18.4 Å². The highest BCUT2D eigenvalue weighted by Crippen LogP contribution is 2.21. The second-order valence-corrected chi connectivity index (χ2v) is 3.71. The van der Waals surface area contributed by atoms with Gasteiger partial charge in [0.2, 0.25) is 5.91 Å². The molecule has 0 atom stereocenters. The number of nitrogens with zero attached hydrogens (tertiary/aromatic N) is 1. The topological polar surface area (TPSA) is 46.3 Å². The van der Waals surface area contributed by atoms with E-state index in [1.165, 1.54) is 0 Å². The molecule has 1 aromatic rings. The van der Waals surface area contributed by atoms with Crippen molar-refractivity contribution in [2.45, 2.75) is 12.8 Å². The van der Waals surface area contributed by atoms with Crippen LogP contribution in [-0.2, 0) is 4.79 Å². The third kappa shape index (κ3) is 2.23. The molecular weight excluding hydrogens is 200 g/mol. The van der Waals surface area contributed by atoms with Crippen molar-refractivity contribution in [3.8, 4) is 11.8 Å². The summed E-state index contributed by atoms with van der Waals surface area (Å²) in [4.78, 5) is 13.4. The molecule has 3 nitrogen and oxygen atoms in total. The average molecular weight is 214 g/mol. The van der Waals surface area contributed by atoms with E-state index in [2.05, 4.69) is 11.8 Å². The van der Waals surface area contributed by atoms with Gasteiger partial charge in [0.1, 0.15) is 0 Å². The Morgan fingerprint density at radius 2 is 2.31 bits per heavy atom. The normalized spacial score (nSPS) is 14.8. The smallest absolute Gasteiger partial charge is 0.227 e. The van der Waals surface area contributed by atoms with Crippen molar-refractivity contribution in [2.24, 2.45) is 5.73 Å². The van der Waals surface area contributed by atoms with Crippen LogP contribution in [0.25, 0.3) is 0 Å². The van der Waals surface area contributed by atoms with Crippen LogP contribution in [0.4, 0.5) is 5.69 Å². The fourth-order valence-electron chi connectivity index (χ4n) is 1.83.